The third-order valence-corrected chi connectivity index (χ3v) is 4.25. The van der Waals surface area contributed by atoms with E-state index < -0.39 is 18.7 Å². The number of nitrogens with one attached hydrogen (secondary N) is 1. The number of rotatable bonds is 5. The number of alkyl halides is 1. The summed E-state index contributed by atoms with van der Waals surface area (Å²) in [5.41, 5.74) is 6.51. The van der Waals surface area contributed by atoms with Crippen molar-refractivity contribution < 1.29 is 18.7 Å². The van der Waals surface area contributed by atoms with Crippen LogP contribution in [0, 0.1) is 11.3 Å². The molecule has 28 heavy (non-hydrogen) atoms. The third kappa shape index (κ3) is 4.01. The molecule has 3 N–H and O–H groups in total. The van der Waals surface area contributed by atoms with E-state index in [-0.39, 0.29) is 12.2 Å². The highest BCUT2D eigenvalue weighted by Gasteiger charge is 2.23. The van der Waals surface area contributed by atoms with Gasteiger partial charge in [-0.2, -0.15) is 5.26 Å². The molecule has 2 aromatic heterocycles. The standard InChI is InChI=1S/C17H18FN7O3/c18-1-6-28-17(27)25-4-2-24(3-5-25)13-10-22-16-14(23-13)12(9-21-16)7-11(8-19)15(20)26/h7,9-10H,1-6H2,(H2,20,26)(H,21,22)/b11-7+. The summed E-state index contributed by atoms with van der Waals surface area (Å²) in [6.07, 6.45) is 4.02. The molecule has 0 unspecified atom stereocenters. The van der Waals surface area contributed by atoms with E-state index in [1.165, 1.54) is 11.0 Å². The van der Waals surface area contributed by atoms with Crippen LogP contribution in [0.3, 0.4) is 0 Å². The van der Waals surface area contributed by atoms with Gasteiger partial charge in [0.1, 0.15) is 36.3 Å². The summed E-state index contributed by atoms with van der Waals surface area (Å²) in [6, 6.07) is 1.75. The molecule has 3 rings (SSSR count). The summed E-state index contributed by atoms with van der Waals surface area (Å²) < 4.78 is 16.9. The first-order chi connectivity index (χ1) is 13.5. The lowest BCUT2D eigenvalue weighted by Crippen LogP contribution is -2.49. The maximum atomic E-state index is 12.1. The first-order valence-corrected chi connectivity index (χ1v) is 8.52. The Balaban J connectivity index is 1.77. The second-order valence-electron chi connectivity index (χ2n) is 5.98. The Hall–Kier alpha value is -3.68. The van der Waals surface area contributed by atoms with E-state index in [0.717, 1.165) is 0 Å². The minimum atomic E-state index is -0.822. The van der Waals surface area contributed by atoms with Crippen molar-refractivity contribution in [3.05, 3.63) is 23.5 Å². The Morgan fingerprint density at radius 2 is 2.14 bits per heavy atom. The number of aromatic amines is 1. The van der Waals surface area contributed by atoms with E-state index in [0.29, 0.717) is 48.7 Å². The van der Waals surface area contributed by atoms with Crippen LogP contribution in [0.1, 0.15) is 5.56 Å². The number of anilines is 1. The number of hydrogen-bond acceptors (Lipinski definition) is 7. The summed E-state index contributed by atoms with van der Waals surface area (Å²) in [6.45, 7) is 0.867. The Labute approximate surface area is 159 Å². The Kier molecular flexibility index (Phi) is 5.69. The number of hydrogen-bond donors (Lipinski definition) is 2. The average Bonchev–Trinajstić information content (AvgIpc) is 3.12. The van der Waals surface area contributed by atoms with Crippen LogP contribution in [0.5, 0.6) is 0 Å². The van der Waals surface area contributed by atoms with Gasteiger partial charge in [-0.05, 0) is 6.08 Å². The number of carbonyl (C=O) groups is 2. The molecular weight excluding hydrogens is 369 g/mol. The second kappa shape index (κ2) is 8.34. The summed E-state index contributed by atoms with van der Waals surface area (Å²) in [5, 5.41) is 9.01. The molecule has 1 saturated heterocycles. The van der Waals surface area contributed by atoms with Gasteiger partial charge in [0, 0.05) is 37.9 Å². The van der Waals surface area contributed by atoms with Crippen LogP contribution in [0.25, 0.3) is 17.2 Å². The van der Waals surface area contributed by atoms with Gasteiger partial charge >= 0.3 is 6.09 Å². The molecule has 1 fully saturated rings. The van der Waals surface area contributed by atoms with Gasteiger partial charge in [-0.3, -0.25) is 4.79 Å². The van der Waals surface area contributed by atoms with Crippen molar-refractivity contribution >= 4 is 35.1 Å². The lowest BCUT2D eigenvalue weighted by Gasteiger charge is -2.34. The van der Waals surface area contributed by atoms with Gasteiger partial charge < -0.3 is 25.3 Å². The molecule has 1 aliphatic rings. The fourth-order valence-electron chi connectivity index (χ4n) is 2.81. The van der Waals surface area contributed by atoms with Crippen LogP contribution in [-0.2, 0) is 9.53 Å². The van der Waals surface area contributed by atoms with E-state index in [1.807, 2.05) is 4.90 Å². The Bertz CT molecular complexity index is 957. The highest BCUT2D eigenvalue weighted by atomic mass is 19.1. The molecule has 2 aromatic rings. The number of primary amides is 1. The first kappa shape index (κ1) is 19.1. The first-order valence-electron chi connectivity index (χ1n) is 8.52. The van der Waals surface area contributed by atoms with Crippen LogP contribution in [0.4, 0.5) is 15.0 Å². The highest BCUT2D eigenvalue weighted by Crippen LogP contribution is 2.21. The average molecular weight is 387 g/mol. The van der Waals surface area contributed by atoms with E-state index in [9.17, 15) is 14.0 Å². The molecule has 0 atom stereocenters. The molecule has 11 heteroatoms. The number of nitriles is 1. The quantitative estimate of drug-likeness (QED) is 0.564. The minimum absolute atomic E-state index is 0.187. The predicted octanol–water partition coefficient (Wildman–Crippen LogP) is 0.578. The summed E-state index contributed by atoms with van der Waals surface area (Å²) in [5.74, 6) is -0.229. The molecule has 0 radical (unpaired) electrons. The van der Waals surface area contributed by atoms with E-state index >= 15 is 0 Å². The van der Waals surface area contributed by atoms with Crippen molar-refractivity contribution in [2.24, 2.45) is 5.73 Å². The number of nitrogens with zero attached hydrogens (tertiary/aromatic N) is 5. The zero-order chi connectivity index (χ0) is 20.1. The number of aromatic nitrogens is 3. The van der Waals surface area contributed by atoms with Crippen LogP contribution < -0.4 is 10.6 Å². The lowest BCUT2D eigenvalue weighted by atomic mass is 10.2. The fraction of sp³-hybridized carbons (Fsp3) is 0.353. The molecule has 3 heterocycles. The SMILES string of the molecule is N#C/C(=C\c1c[nH]c2ncc(N3CCN(C(=O)OCCF)CC3)nc12)C(N)=O. The number of carbonyl (C=O) groups excluding carboxylic acids is 2. The molecule has 0 aromatic carbocycles. The molecular formula is C17H18FN7O3. The van der Waals surface area contributed by atoms with Crippen LogP contribution in [0.2, 0.25) is 0 Å². The van der Waals surface area contributed by atoms with E-state index in [4.69, 9.17) is 15.7 Å². The van der Waals surface area contributed by atoms with Crippen molar-refractivity contribution in [1.29, 1.82) is 5.26 Å². The smallest absolute Gasteiger partial charge is 0.409 e. The Morgan fingerprint density at radius 3 is 2.79 bits per heavy atom. The molecule has 0 aliphatic carbocycles. The van der Waals surface area contributed by atoms with Crippen molar-refractivity contribution in [3.8, 4) is 6.07 Å². The number of ether oxygens (including phenoxy) is 1. The number of piperazine rings is 1. The summed E-state index contributed by atoms with van der Waals surface area (Å²) in [4.78, 5) is 38.3. The molecule has 10 nitrogen and oxygen atoms in total. The largest absolute Gasteiger partial charge is 0.447 e. The zero-order valence-corrected chi connectivity index (χ0v) is 14.9. The van der Waals surface area contributed by atoms with Gasteiger partial charge in [0.15, 0.2) is 5.65 Å². The molecule has 1 aliphatic heterocycles. The highest BCUT2D eigenvalue weighted by molar-refractivity contribution is 6.02. The van der Waals surface area contributed by atoms with E-state index in [2.05, 4.69) is 15.0 Å². The van der Waals surface area contributed by atoms with Gasteiger partial charge in [-0.15, -0.1) is 0 Å². The molecule has 0 saturated carbocycles. The van der Waals surface area contributed by atoms with Gasteiger partial charge in [-0.1, -0.05) is 0 Å². The number of H-pyrrole nitrogens is 1. The molecule has 146 valence electrons. The van der Waals surface area contributed by atoms with Crippen LogP contribution in [-0.4, -0.2) is 71.3 Å². The van der Waals surface area contributed by atoms with Crippen molar-refractivity contribution in [2.75, 3.05) is 44.4 Å². The molecule has 0 spiro atoms. The van der Waals surface area contributed by atoms with E-state index in [1.54, 1.807) is 18.5 Å². The number of fused-ring (bicyclic) bond motifs is 1. The monoisotopic (exact) mass is 387 g/mol. The van der Waals surface area contributed by atoms with Crippen molar-refractivity contribution in [2.45, 2.75) is 0 Å². The second-order valence-corrected chi connectivity index (χ2v) is 5.98. The Morgan fingerprint density at radius 1 is 1.39 bits per heavy atom. The minimum Gasteiger partial charge on any atom is -0.447 e. The lowest BCUT2D eigenvalue weighted by molar-refractivity contribution is -0.114. The van der Waals surface area contributed by atoms with Gasteiger partial charge in [0.25, 0.3) is 5.91 Å². The zero-order valence-electron chi connectivity index (χ0n) is 14.9. The van der Waals surface area contributed by atoms with Crippen molar-refractivity contribution in [3.63, 3.8) is 0 Å². The van der Waals surface area contributed by atoms with Gasteiger partial charge in [0.2, 0.25) is 0 Å². The summed E-state index contributed by atoms with van der Waals surface area (Å²) >= 11 is 0. The predicted molar refractivity (Wildman–Crippen MR) is 97.8 cm³/mol. The van der Waals surface area contributed by atoms with Crippen molar-refractivity contribution in [1.82, 2.24) is 19.9 Å². The maximum Gasteiger partial charge on any atom is 0.409 e. The maximum absolute atomic E-state index is 12.1. The van der Waals surface area contributed by atoms with Gasteiger partial charge in [-0.25, -0.2) is 19.2 Å². The fourth-order valence-corrected chi connectivity index (χ4v) is 2.81. The third-order valence-electron chi connectivity index (χ3n) is 4.25. The molecule has 2 amide bonds. The van der Waals surface area contributed by atoms with Crippen LogP contribution in [0.15, 0.2) is 18.0 Å². The summed E-state index contributed by atoms with van der Waals surface area (Å²) in [7, 11) is 0. The normalized spacial score (nSPS) is 14.8. The number of nitrogens with two attached hydrogens (primary N) is 1. The van der Waals surface area contributed by atoms with Gasteiger partial charge in [0.05, 0.1) is 6.20 Å². The number of amides is 2. The van der Waals surface area contributed by atoms with Crippen LogP contribution >= 0.6 is 0 Å². The number of halogens is 1. The molecule has 0 bridgehead atoms. The topological polar surface area (TPSA) is 141 Å².